The molecule has 0 radical (unpaired) electrons. The molecule has 3 rings (SSSR count). The first-order valence-corrected chi connectivity index (χ1v) is 9.19. The fourth-order valence-corrected chi connectivity index (χ4v) is 4.95. The van der Waals surface area contributed by atoms with Gasteiger partial charge < -0.3 is 9.90 Å². The first kappa shape index (κ1) is 16.5. The Bertz CT molecular complexity index is 919. The number of carbonyl (C=O) groups is 1. The van der Waals surface area contributed by atoms with Crippen molar-refractivity contribution in [3.63, 3.8) is 0 Å². The lowest BCUT2D eigenvalue weighted by molar-refractivity contribution is -0.255. The number of para-hydroxylation sites is 1. The minimum atomic E-state index is -3.84. The number of sulfonamides is 1. The van der Waals surface area contributed by atoms with E-state index in [-0.39, 0.29) is 10.5 Å². The molecule has 0 fully saturated rings. The average molecular weight is 344 g/mol. The molecule has 0 saturated carbocycles. The van der Waals surface area contributed by atoms with Gasteiger partial charge in [0, 0.05) is 6.54 Å². The van der Waals surface area contributed by atoms with Crippen LogP contribution in [0.5, 0.6) is 0 Å². The van der Waals surface area contributed by atoms with Crippen LogP contribution in [0.2, 0.25) is 0 Å². The second-order valence-electron chi connectivity index (χ2n) is 6.01. The van der Waals surface area contributed by atoms with Crippen LogP contribution in [0.4, 0.5) is 5.69 Å². The molecule has 1 aliphatic rings. The van der Waals surface area contributed by atoms with Crippen molar-refractivity contribution >= 4 is 21.7 Å². The molecular formula is C18H18NO4S-. The van der Waals surface area contributed by atoms with Crippen LogP contribution in [-0.2, 0) is 16.4 Å². The zero-order chi connectivity index (χ0) is 17.5. The fourth-order valence-electron chi connectivity index (χ4n) is 3.08. The third-order valence-corrected chi connectivity index (χ3v) is 6.43. The lowest BCUT2D eigenvalue weighted by atomic mass is 10.0. The van der Waals surface area contributed by atoms with Gasteiger partial charge in [-0.1, -0.05) is 18.2 Å². The molecule has 1 aliphatic heterocycles. The van der Waals surface area contributed by atoms with E-state index >= 15 is 0 Å². The van der Waals surface area contributed by atoms with E-state index in [2.05, 4.69) is 0 Å². The monoisotopic (exact) mass is 344 g/mol. The summed E-state index contributed by atoms with van der Waals surface area (Å²) in [4.78, 5) is 11.2. The first-order chi connectivity index (χ1) is 11.3. The molecule has 0 N–H and O–H groups in total. The van der Waals surface area contributed by atoms with Crippen molar-refractivity contribution in [3.8, 4) is 0 Å². The van der Waals surface area contributed by atoms with Crippen LogP contribution in [-0.4, -0.2) is 20.9 Å². The Morgan fingerprint density at radius 3 is 2.58 bits per heavy atom. The van der Waals surface area contributed by atoms with E-state index in [9.17, 15) is 18.3 Å². The Kier molecular flexibility index (Phi) is 4.09. The maximum absolute atomic E-state index is 13.2. The molecular weight excluding hydrogens is 326 g/mol. The number of aromatic carboxylic acids is 1. The zero-order valence-electron chi connectivity index (χ0n) is 13.6. The highest BCUT2D eigenvalue weighted by Gasteiger charge is 2.30. The number of nitrogens with zero attached hydrogens (tertiary/aromatic N) is 1. The number of aryl methyl sites for hydroxylation is 2. The van der Waals surface area contributed by atoms with E-state index in [1.807, 2.05) is 18.2 Å². The molecule has 0 amide bonds. The summed E-state index contributed by atoms with van der Waals surface area (Å²) in [6.07, 6.45) is 1.56. The van der Waals surface area contributed by atoms with Gasteiger partial charge >= 0.3 is 0 Å². The van der Waals surface area contributed by atoms with Crippen LogP contribution in [0.3, 0.4) is 0 Å². The van der Waals surface area contributed by atoms with E-state index in [1.165, 1.54) is 16.4 Å². The molecule has 0 atom stereocenters. The quantitative estimate of drug-likeness (QED) is 0.851. The number of carboxylic acid groups (broad SMARTS) is 1. The number of fused-ring (bicyclic) bond motifs is 1. The minimum absolute atomic E-state index is 0.0263. The van der Waals surface area contributed by atoms with Crippen molar-refractivity contribution < 1.29 is 18.3 Å². The largest absolute Gasteiger partial charge is 0.545 e. The van der Waals surface area contributed by atoms with Crippen LogP contribution in [0, 0.1) is 13.8 Å². The molecule has 0 aliphatic carbocycles. The third-order valence-electron chi connectivity index (χ3n) is 4.49. The van der Waals surface area contributed by atoms with Gasteiger partial charge in [-0.25, -0.2) is 8.42 Å². The van der Waals surface area contributed by atoms with Gasteiger partial charge in [0.25, 0.3) is 10.0 Å². The number of anilines is 1. The van der Waals surface area contributed by atoms with Gasteiger partial charge in [-0.15, -0.1) is 0 Å². The molecule has 2 aromatic rings. The van der Waals surface area contributed by atoms with E-state index < -0.39 is 16.0 Å². The van der Waals surface area contributed by atoms with Crippen LogP contribution in [0.1, 0.15) is 33.5 Å². The molecule has 2 aromatic carbocycles. The Morgan fingerprint density at radius 2 is 1.88 bits per heavy atom. The average Bonchev–Trinajstić information content (AvgIpc) is 2.56. The van der Waals surface area contributed by atoms with Gasteiger partial charge in [-0.2, -0.15) is 0 Å². The van der Waals surface area contributed by atoms with E-state index in [0.29, 0.717) is 23.4 Å². The zero-order valence-corrected chi connectivity index (χ0v) is 14.4. The van der Waals surface area contributed by atoms with E-state index in [0.717, 1.165) is 18.4 Å². The summed E-state index contributed by atoms with van der Waals surface area (Å²) in [6.45, 7) is 3.77. The van der Waals surface area contributed by atoms with Crippen LogP contribution >= 0.6 is 0 Å². The molecule has 0 aromatic heterocycles. The summed E-state index contributed by atoms with van der Waals surface area (Å²) in [5.41, 5.74) is 2.70. The lowest BCUT2D eigenvalue weighted by Crippen LogP contribution is -2.36. The number of carboxylic acids is 1. The number of hydrogen-bond donors (Lipinski definition) is 0. The summed E-state index contributed by atoms with van der Waals surface area (Å²) in [6, 6.07) is 10.0. The number of carbonyl (C=O) groups excluding carboxylic acids is 1. The van der Waals surface area contributed by atoms with E-state index in [4.69, 9.17) is 0 Å². The second-order valence-corrected chi connectivity index (χ2v) is 7.84. The van der Waals surface area contributed by atoms with Gasteiger partial charge in [-0.3, -0.25) is 4.31 Å². The van der Waals surface area contributed by atoms with Crippen molar-refractivity contribution in [2.75, 3.05) is 10.8 Å². The first-order valence-electron chi connectivity index (χ1n) is 7.75. The highest BCUT2D eigenvalue weighted by molar-refractivity contribution is 7.92. The highest BCUT2D eigenvalue weighted by Crippen LogP contribution is 2.33. The van der Waals surface area contributed by atoms with Crippen LogP contribution in [0.15, 0.2) is 41.3 Å². The summed E-state index contributed by atoms with van der Waals surface area (Å²) in [5.74, 6) is -1.38. The Labute approximate surface area is 141 Å². The van der Waals surface area contributed by atoms with Gasteiger partial charge in [-0.05, 0) is 67.1 Å². The lowest BCUT2D eigenvalue weighted by Gasteiger charge is -2.31. The molecule has 24 heavy (non-hydrogen) atoms. The smallest absolute Gasteiger partial charge is 0.264 e. The van der Waals surface area contributed by atoms with Gasteiger partial charge in [0.15, 0.2) is 0 Å². The van der Waals surface area contributed by atoms with Crippen LogP contribution in [0.25, 0.3) is 0 Å². The number of rotatable bonds is 3. The maximum Gasteiger partial charge on any atom is 0.264 e. The molecule has 5 nitrogen and oxygen atoms in total. The molecule has 6 heteroatoms. The maximum atomic E-state index is 13.2. The molecule has 1 heterocycles. The van der Waals surface area contributed by atoms with Crippen molar-refractivity contribution in [1.29, 1.82) is 0 Å². The van der Waals surface area contributed by atoms with Crippen molar-refractivity contribution in [3.05, 3.63) is 58.7 Å². The highest BCUT2D eigenvalue weighted by atomic mass is 32.2. The fraction of sp³-hybridized carbons (Fsp3) is 0.278. The Hall–Kier alpha value is -2.34. The third kappa shape index (κ3) is 2.67. The molecule has 0 spiro atoms. The van der Waals surface area contributed by atoms with Crippen molar-refractivity contribution in [2.45, 2.75) is 31.6 Å². The van der Waals surface area contributed by atoms with Crippen molar-refractivity contribution in [2.24, 2.45) is 0 Å². The predicted octanol–water partition coefficient (Wildman–Crippen LogP) is 1.81. The molecule has 0 unspecified atom stereocenters. The predicted molar refractivity (Wildman–Crippen MR) is 89.5 cm³/mol. The minimum Gasteiger partial charge on any atom is -0.545 e. The standard InChI is InChI=1S/C18H19NO4S/c1-12-10-15(18(20)21)11-17(13(12)2)24(22,23)19-9-5-7-14-6-3-4-8-16(14)19/h3-4,6,8,10-11H,5,7,9H2,1-2H3,(H,20,21)/p-1. The summed E-state index contributed by atoms with van der Waals surface area (Å²) < 4.78 is 27.8. The second kappa shape index (κ2) is 5.94. The van der Waals surface area contributed by atoms with Gasteiger partial charge in [0.05, 0.1) is 16.6 Å². The molecule has 0 bridgehead atoms. The normalized spacial score (nSPS) is 14.3. The SMILES string of the molecule is Cc1cc(C(=O)[O-])cc(S(=O)(=O)N2CCCc3ccccc32)c1C. The molecule has 0 saturated heterocycles. The summed E-state index contributed by atoms with van der Waals surface area (Å²) in [5, 5.41) is 11.2. The van der Waals surface area contributed by atoms with Gasteiger partial charge in [0.1, 0.15) is 0 Å². The number of benzene rings is 2. The van der Waals surface area contributed by atoms with Crippen molar-refractivity contribution in [1.82, 2.24) is 0 Å². The number of hydrogen-bond acceptors (Lipinski definition) is 4. The van der Waals surface area contributed by atoms with Crippen LogP contribution < -0.4 is 9.41 Å². The summed E-state index contributed by atoms with van der Waals surface area (Å²) >= 11 is 0. The summed E-state index contributed by atoms with van der Waals surface area (Å²) in [7, 11) is -3.84. The Balaban J connectivity index is 2.18. The van der Waals surface area contributed by atoms with E-state index in [1.54, 1.807) is 19.9 Å². The van der Waals surface area contributed by atoms with Gasteiger partial charge in [0.2, 0.25) is 0 Å². The molecule has 126 valence electrons. The Morgan fingerprint density at radius 1 is 1.17 bits per heavy atom. The topological polar surface area (TPSA) is 77.5 Å².